The van der Waals surface area contributed by atoms with E-state index in [9.17, 15) is 19.6 Å². The predicted molar refractivity (Wildman–Crippen MR) is 243 cm³/mol. The molecule has 1 aliphatic carbocycles. The third kappa shape index (κ3) is 14.8. The van der Waals surface area contributed by atoms with Crippen LogP contribution in [0.4, 0.5) is 0 Å². The standard InChI is InChI=1S/C53H61NO8/c1-4-15-39-16-20-41(21-17-39)44-26-31-50(62-53(57)43-24-27-45(28-25-43)58-32-11-7-9-13-34-60-51(55)5-2)49(36-44)48-37-46(59-33-12-8-10-14-35-61-52(56)6-3)29-30-47(48)42-22-18-40(38-54)19-23-42/h5-6,18-19,22-31,36-37,39,41H,2-4,7-17,20-21,32-35H2,1H3. The molecule has 0 amide bonds. The molecule has 0 radical (unpaired) electrons. The number of nitriles is 1. The number of carbonyl (C=O) groups is 3. The number of hydrogen-bond acceptors (Lipinski definition) is 9. The second-order valence-corrected chi connectivity index (χ2v) is 15.8. The second-order valence-electron chi connectivity index (χ2n) is 15.8. The van der Waals surface area contributed by atoms with Crippen molar-refractivity contribution in [2.45, 2.75) is 103 Å². The Labute approximate surface area is 367 Å². The number of ether oxygens (including phenoxy) is 5. The first-order valence-electron chi connectivity index (χ1n) is 22.3. The number of hydrogen-bond donors (Lipinski definition) is 0. The SMILES string of the molecule is C=CC(=O)OCCCCCCOc1ccc(C(=O)Oc2ccc(C3CCC(CCC)CC3)cc2-c2cc(OCCCCCCOC(=O)C=C)ccc2-c2ccc(C#N)cc2)cc1. The molecule has 5 rings (SSSR count). The van der Waals surface area contributed by atoms with E-state index in [-0.39, 0.29) is 0 Å². The van der Waals surface area contributed by atoms with E-state index in [0.717, 1.165) is 92.4 Å². The first kappa shape index (κ1) is 46.9. The van der Waals surface area contributed by atoms with E-state index in [1.54, 1.807) is 24.3 Å². The van der Waals surface area contributed by atoms with E-state index in [4.69, 9.17) is 23.7 Å². The molecule has 9 nitrogen and oxygen atoms in total. The van der Waals surface area contributed by atoms with Gasteiger partial charge < -0.3 is 23.7 Å². The minimum absolute atomic E-state index is 0.374. The van der Waals surface area contributed by atoms with Crippen LogP contribution in [0.2, 0.25) is 0 Å². The fraction of sp³-hybridized carbons (Fsp3) is 0.396. The summed E-state index contributed by atoms with van der Waals surface area (Å²) in [6, 6.07) is 29.0. The number of unbranched alkanes of at least 4 members (excludes halogenated alkanes) is 6. The van der Waals surface area contributed by atoms with Crippen molar-refractivity contribution in [1.29, 1.82) is 5.26 Å². The summed E-state index contributed by atoms with van der Waals surface area (Å²) in [4.78, 5) is 36.4. The molecule has 0 saturated heterocycles. The Balaban J connectivity index is 1.35. The topological polar surface area (TPSA) is 121 Å². The molecule has 0 heterocycles. The van der Waals surface area contributed by atoms with E-state index >= 15 is 0 Å². The summed E-state index contributed by atoms with van der Waals surface area (Å²) < 4.78 is 28.7. The quantitative estimate of drug-likeness (QED) is 0.0278. The molecule has 4 aromatic carbocycles. The van der Waals surface area contributed by atoms with Gasteiger partial charge in [-0.2, -0.15) is 5.26 Å². The predicted octanol–water partition coefficient (Wildman–Crippen LogP) is 12.5. The lowest BCUT2D eigenvalue weighted by atomic mass is 9.76. The van der Waals surface area contributed by atoms with Crippen LogP contribution in [0.5, 0.6) is 17.2 Å². The Hall–Kier alpha value is -6.14. The molecule has 62 heavy (non-hydrogen) atoms. The Morgan fingerprint density at radius 3 is 1.81 bits per heavy atom. The van der Waals surface area contributed by atoms with Crippen LogP contribution in [0.15, 0.2) is 110 Å². The molecular formula is C53H61NO8. The van der Waals surface area contributed by atoms with Gasteiger partial charge in [0, 0.05) is 17.7 Å². The van der Waals surface area contributed by atoms with Crippen LogP contribution < -0.4 is 14.2 Å². The average molecular weight is 840 g/mol. The summed E-state index contributed by atoms with van der Waals surface area (Å²) in [6.45, 7) is 10.9. The maximum Gasteiger partial charge on any atom is 0.343 e. The minimum Gasteiger partial charge on any atom is -0.494 e. The van der Waals surface area contributed by atoms with Crippen molar-refractivity contribution in [3.05, 3.63) is 127 Å². The molecule has 0 spiro atoms. The Morgan fingerprint density at radius 2 is 1.23 bits per heavy atom. The molecule has 326 valence electrons. The maximum atomic E-state index is 13.9. The van der Waals surface area contributed by atoms with Gasteiger partial charge in [-0.25, -0.2) is 14.4 Å². The highest BCUT2D eigenvalue weighted by Gasteiger charge is 2.25. The van der Waals surface area contributed by atoms with Crippen molar-refractivity contribution in [3.8, 4) is 45.6 Å². The highest BCUT2D eigenvalue weighted by molar-refractivity contribution is 5.94. The molecule has 0 aliphatic heterocycles. The van der Waals surface area contributed by atoms with E-state index in [2.05, 4.69) is 38.3 Å². The lowest BCUT2D eigenvalue weighted by Gasteiger charge is -2.29. The van der Waals surface area contributed by atoms with Crippen molar-refractivity contribution in [3.63, 3.8) is 0 Å². The zero-order valence-electron chi connectivity index (χ0n) is 36.2. The number of esters is 3. The zero-order valence-corrected chi connectivity index (χ0v) is 36.2. The third-order valence-corrected chi connectivity index (χ3v) is 11.4. The molecule has 0 atom stereocenters. The first-order chi connectivity index (χ1) is 30.3. The second kappa shape index (κ2) is 25.6. The van der Waals surface area contributed by atoms with Crippen LogP contribution in [0.3, 0.4) is 0 Å². The van der Waals surface area contributed by atoms with E-state index < -0.39 is 17.9 Å². The minimum atomic E-state index is -0.477. The molecule has 0 unspecified atom stereocenters. The number of carbonyl (C=O) groups excluding carboxylic acids is 3. The molecular weight excluding hydrogens is 779 g/mol. The van der Waals surface area contributed by atoms with Crippen molar-refractivity contribution in [2.75, 3.05) is 26.4 Å². The highest BCUT2D eigenvalue weighted by Crippen LogP contribution is 2.44. The van der Waals surface area contributed by atoms with Gasteiger partial charge in [0.1, 0.15) is 17.2 Å². The Bertz CT molecular complexity index is 2110. The fourth-order valence-corrected chi connectivity index (χ4v) is 7.91. The molecule has 1 aliphatic rings. The molecule has 0 aromatic heterocycles. The Kier molecular flexibility index (Phi) is 19.4. The maximum absolute atomic E-state index is 13.9. The van der Waals surface area contributed by atoms with Gasteiger partial charge in [-0.3, -0.25) is 0 Å². The number of benzene rings is 4. The van der Waals surface area contributed by atoms with Gasteiger partial charge in [0.2, 0.25) is 0 Å². The normalized spacial score (nSPS) is 14.5. The van der Waals surface area contributed by atoms with Gasteiger partial charge in [0.25, 0.3) is 0 Å². The summed E-state index contributed by atoms with van der Waals surface area (Å²) in [5.74, 6) is 1.70. The zero-order chi connectivity index (χ0) is 43.9. The molecule has 0 bridgehead atoms. The van der Waals surface area contributed by atoms with Gasteiger partial charge in [-0.05, 0) is 172 Å². The summed E-state index contributed by atoms with van der Waals surface area (Å²) in [5.41, 5.74) is 5.71. The summed E-state index contributed by atoms with van der Waals surface area (Å²) in [7, 11) is 0. The van der Waals surface area contributed by atoms with Gasteiger partial charge in [-0.15, -0.1) is 0 Å². The van der Waals surface area contributed by atoms with Crippen LogP contribution in [0.25, 0.3) is 22.3 Å². The fourth-order valence-electron chi connectivity index (χ4n) is 7.91. The Morgan fingerprint density at radius 1 is 0.645 bits per heavy atom. The molecule has 1 saturated carbocycles. The van der Waals surface area contributed by atoms with Crippen molar-refractivity contribution >= 4 is 17.9 Å². The van der Waals surface area contributed by atoms with Crippen LogP contribution in [0.1, 0.15) is 124 Å². The lowest BCUT2D eigenvalue weighted by Crippen LogP contribution is -2.14. The van der Waals surface area contributed by atoms with Crippen molar-refractivity contribution in [1.82, 2.24) is 0 Å². The van der Waals surface area contributed by atoms with Crippen molar-refractivity contribution in [2.24, 2.45) is 5.92 Å². The van der Waals surface area contributed by atoms with E-state index in [1.165, 1.54) is 43.4 Å². The summed E-state index contributed by atoms with van der Waals surface area (Å²) in [5, 5.41) is 9.54. The smallest absolute Gasteiger partial charge is 0.343 e. The number of nitrogens with zero attached hydrogens (tertiary/aromatic N) is 1. The van der Waals surface area contributed by atoms with Crippen LogP contribution in [-0.2, 0) is 19.1 Å². The molecule has 0 N–H and O–H groups in total. The van der Waals surface area contributed by atoms with Gasteiger partial charge in [0.15, 0.2) is 0 Å². The molecule has 9 heteroatoms. The first-order valence-corrected chi connectivity index (χ1v) is 22.3. The van der Waals surface area contributed by atoms with Crippen LogP contribution >= 0.6 is 0 Å². The molecule has 1 fully saturated rings. The van der Waals surface area contributed by atoms with Gasteiger partial charge in [-0.1, -0.05) is 57.2 Å². The van der Waals surface area contributed by atoms with Crippen LogP contribution in [0, 0.1) is 17.2 Å². The van der Waals surface area contributed by atoms with Crippen LogP contribution in [-0.4, -0.2) is 44.3 Å². The van der Waals surface area contributed by atoms with Gasteiger partial charge >= 0.3 is 17.9 Å². The summed E-state index contributed by atoms with van der Waals surface area (Å²) >= 11 is 0. The van der Waals surface area contributed by atoms with E-state index in [1.807, 2.05) is 48.5 Å². The van der Waals surface area contributed by atoms with E-state index in [0.29, 0.717) is 60.7 Å². The highest BCUT2D eigenvalue weighted by atomic mass is 16.5. The van der Waals surface area contributed by atoms with Gasteiger partial charge in [0.05, 0.1) is 43.6 Å². The average Bonchev–Trinajstić information content (AvgIpc) is 3.31. The summed E-state index contributed by atoms with van der Waals surface area (Å²) in [6.07, 6.45) is 16.4. The van der Waals surface area contributed by atoms with Crippen molar-refractivity contribution < 1.29 is 38.1 Å². The monoisotopic (exact) mass is 839 g/mol. The largest absolute Gasteiger partial charge is 0.494 e. The lowest BCUT2D eigenvalue weighted by molar-refractivity contribution is -0.138. The number of rotatable bonds is 25. The molecule has 4 aromatic rings. The third-order valence-electron chi connectivity index (χ3n) is 11.4.